The van der Waals surface area contributed by atoms with Crippen molar-refractivity contribution in [3.63, 3.8) is 0 Å². The first-order valence-corrected chi connectivity index (χ1v) is 5.84. The van der Waals surface area contributed by atoms with E-state index in [1.807, 2.05) is 0 Å². The molecule has 1 heterocycles. The molecule has 1 aliphatic rings. The number of urea groups is 1. The van der Waals surface area contributed by atoms with Gasteiger partial charge in [-0.15, -0.1) is 0 Å². The summed E-state index contributed by atoms with van der Waals surface area (Å²) < 4.78 is 4.62. The van der Waals surface area contributed by atoms with Crippen molar-refractivity contribution in [2.24, 2.45) is 0 Å². The molecule has 106 valence electrons. The van der Waals surface area contributed by atoms with Crippen molar-refractivity contribution in [3.05, 3.63) is 0 Å². The molecule has 1 saturated heterocycles. The Kier molecular flexibility index (Phi) is 4.47. The monoisotopic (exact) mass is 271 g/mol. The third-order valence-corrected chi connectivity index (χ3v) is 2.48. The van der Waals surface area contributed by atoms with Gasteiger partial charge in [-0.1, -0.05) is 0 Å². The van der Waals surface area contributed by atoms with Gasteiger partial charge in [-0.05, 0) is 20.8 Å². The molecule has 1 aliphatic heterocycles. The van der Waals surface area contributed by atoms with E-state index in [2.05, 4.69) is 15.4 Å². The molecule has 0 radical (unpaired) electrons. The zero-order valence-corrected chi connectivity index (χ0v) is 11.1. The van der Waals surface area contributed by atoms with Crippen molar-refractivity contribution in [1.82, 2.24) is 15.5 Å². The minimum Gasteiger partial charge on any atom is -0.465 e. The van der Waals surface area contributed by atoms with Crippen LogP contribution in [-0.2, 0) is 19.1 Å². The number of esters is 1. The third-order valence-electron chi connectivity index (χ3n) is 2.48. The zero-order chi connectivity index (χ0) is 14.6. The fourth-order valence-corrected chi connectivity index (χ4v) is 1.54. The first-order valence-electron chi connectivity index (χ1n) is 5.84. The molecule has 1 fully saturated rings. The zero-order valence-electron chi connectivity index (χ0n) is 11.1. The van der Waals surface area contributed by atoms with E-state index in [1.54, 1.807) is 20.8 Å². The summed E-state index contributed by atoms with van der Waals surface area (Å²) >= 11 is 0. The second-order valence-corrected chi connectivity index (χ2v) is 4.53. The van der Waals surface area contributed by atoms with E-state index in [0.29, 0.717) is 0 Å². The average Bonchev–Trinajstić information content (AvgIpc) is 2.49. The van der Waals surface area contributed by atoms with Gasteiger partial charge in [-0.25, -0.2) is 4.79 Å². The van der Waals surface area contributed by atoms with Gasteiger partial charge in [0.1, 0.15) is 18.6 Å². The molecule has 8 nitrogen and oxygen atoms in total. The number of rotatable bonds is 5. The van der Waals surface area contributed by atoms with Crippen molar-refractivity contribution in [2.75, 3.05) is 19.7 Å². The lowest BCUT2D eigenvalue weighted by atomic mass is 10.1. The van der Waals surface area contributed by atoms with Crippen LogP contribution in [0.25, 0.3) is 0 Å². The van der Waals surface area contributed by atoms with Crippen LogP contribution in [0.5, 0.6) is 0 Å². The van der Waals surface area contributed by atoms with E-state index < -0.39 is 35.9 Å². The van der Waals surface area contributed by atoms with Crippen molar-refractivity contribution >= 4 is 23.8 Å². The van der Waals surface area contributed by atoms with Crippen LogP contribution in [0.15, 0.2) is 0 Å². The van der Waals surface area contributed by atoms with Crippen LogP contribution < -0.4 is 10.6 Å². The van der Waals surface area contributed by atoms with Crippen molar-refractivity contribution < 1.29 is 23.9 Å². The Hall–Kier alpha value is -2.12. The maximum Gasteiger partial charge on any atom is 0.325 e. The number of carbonyl (C=O) groups excluding carboxylic acids is 4. The molecule has 0 aromatic rings. The van der Waals surface area contributed by atoms with Crippen molar-refractivity contribution in [3.8, 4) is 0 Å². The molecule has 19 heavy (non-hydrogen) atoms. The van der Waals surface area contributed by atoms with E-state index in [4.69, 9.17) is 0 Å². The number of hydrogen-bond acceptors (Lipinski definition) is 5. The Labute approximate surface area is 110 Å². The summed E-state index contributed by atoms with van der Waals surface area (Å²) in [4.78, 5) is 46.6. The molecular weight excluding hydrogens is 254 g/mol. The molecule has 0 aliphatic carbocycles. The number of carbonyl (C=O) groups is 4. The first kappa shape index (κ1) is 14.9. The van der Waals surface area contributed by atoms with E-state index in [-0.39, 0.29) is 13.2 Å². The number of amides is 4. The summed E-state index contributed by atoms with van der Waals surface area (Å²) in [5.41, 5.74) is -1.02. The van der Waals surface area contributed by atoms with Gasteiger partial charge in [-0.2, -0.15) is 0 Å². The van der Waals surface area contributed by atoms with E-state index in [0.717, 1.165) is 4.90 Å². The normalized spacial score (nSPS) is 17.1. The molecule has 1 rings (SSSR count). The molecule has 0 aromatic carbocycles. The summed E-state index contributed by atoms with van der Waals surface area (Å²) in [7, 11) is 0. The van der Waals surface area contributed by atoms with Crippen LogP contribution in [0.4, 0.5) is 4.79 Å². The summed E-state index contributed by atoms with van der Waals surface area (Å²) in [5.74, 6) is -1.66. The van der Waals surface area contributed by atoms with E-state index in [1.165, 1.54) is 0 Å². The lowest BCUT2D eigenvalue weighted by molar-refractivity contribution is -0.143. The maximum absolute atomic E-state index is 11.8. The summed E-state index contributed by atoms with van der Waals surface area (Å²) in [6, 6.07) is -0.624. The van der Waals surface area contributed by atoms with Crippen LogP contribution in [0.2, 0.25) is 0 Å². The van der Waals surface area contributed by atoms with Crippen LogP contribution >= 0.6 is 0 Å². The number of ether oxygens (including phenoxy) is 1. The van der Waals surface area contributed by atoms with Gasteiger partial charge in [0.2, 0.25) is 5.91 Å². The standard InChI is InChI=1S/C11H17N3O5/c1-4-19-8(16)5-12-7(15)6-14-9(17)11(2,3)13-10(14)18/h4-6H2,1-3H3,(H,12,15)(H,13,18). The molecule has 2 N–H and O–H groups in total. The van der Waals surface area contributed by atoms with Crippen LogP contribution in [0.3, 0.4) is 0 Å². The summed E-state index contributed by atoms with van der Waals surface area (Å²) in [6.07, 6.45) is 0. The maximum atomic E-state index is 11.8. The number of nitrogens with one attached hydrogen (secondary N) is 2. The predicted molar refractivity (Wildman–Crippen MR) is 64.0 cm³/mol. The van der Waals surface area contributed by atoms with Gasteiger partial charge in [0.15, 0.2) is 0 Å². The molecule has 0 spiro atoms. The molecular formula is C11H17N3O5. The summed E-state index contributed by atoms with van der Waals surface area (Å²) in [5, 5.41) is 4.72. The molecule has 0 aromatic heterocycles. The van der Waals surface area contributed by atoms with Gasteiger partial charge < -0.3 is 15.4 Å². The minimum atomic E-state index is -1.02. The molecule has 0 bridgehead atoms. The topological polar surface area (TPSA) is 105 Å². The van der Waals surface area contributed by atoms with Crippen LogP contribution in [0.1, 0.15) is 20.8 Å². The SMILES string of the molecule is CCOC(=O)CNC(=O)CN1C(=O)NC(C)(C)C1=O. The predicted octanol–water partition coefficient (Wildman–Crippen LogP) is -1.00. The Morgan fingerprint density at radius 3 is 2.47 bits per heavy atom. The quantitative estimate of drug-likeness (QED) is 0.493. The smallest absolute Gasteiger partial charge is 0.325 e. The molecule has 8 heteroatoms. The number of imide groups is 1. The Morgan fingerprint density at radius 1 is 1.37 bits per heavy atom. The Balaban J connectivity index is 2.47. The Morgan fingerprint density at radius 2 is 2.00 bits per heavy atom. The second kappa shape index (κ2) is 5.68. The second-order valence-electron chi connectivity index (χ2n) is 4.53. The molecule has 0 atom stereocenters. The molecule has 0 saturated carbocycles. The first-order chi connectivity index (χ1) is 8.77. The van der Waals surface area contributed by atoms with Gasteiger partial charge in [0, 0.05) is 0 Å². The lowest BCUT2D eigenvalue weighted by Crippen LogP contribution is -2.44. The Bertz CT molecular complexity index is 419. The fourth-order valence-electron chi connectivity index (χ4n) is 1.54. The summed E-state index contributed by atoms with van der Waals surface area (Å²) in [6.45, 7) is 4.24. The largest absolute Gasteiger partial charge is 0.465 e. The number of nitrogens with zero attached hydrogens (tertiary/aromatic N) is 1. The van der Waals surface area contributed by atoms with E-state index >= 15 is 0 Å². The fraction of sp³-hybridized carbons (Fsp3) is 0.636. The van der Waals surface area contributed by atoms with Crippen molar-refractivity contribution in [2.45, 2.75) is 26.3 Å². The number of hydrogen-bond donors (Lipinski definition) is 2. The van der Waals surface area contributed by atoms with Gasteiger partial charge in [-0.3, -0.25) is 19.3 Å². The molecule has 0 unspecified atom stereocenters. The van der Waals surface area contributed by atoms with Gasteiger partial charge in [0.25, 0.3) is 5.91 Å². The van der Waals surface area contributed by atoms with E-state index in [9.17, 15) is 19.2 Å². The van der Waals surface area contributed by atoms with Crippen LogP contribution in [-0.4, -0.2) is 54.0 Å². The lowest BCUT2D eigenvalue weighted by Gasteiger charge is -2.15. The van der Waals surface area contributed by atoms with Crippen LogP contribution in [0, 0.1) is 0 Å². The molecule has 4 amide bonds. The minimum absolute atomic E-state index is 0.218. The van der Waals surface area contributed by atoms with Gasteiger partial charge in [0.05, 0.1) is 6.61 Å². The highest BCUT2D eigenvalue weighted by Gasteiger charge is 2.44. The highest BCUT2D eigenvalue weighted by atomic mass is 16.5. The highest BCUT2D eigenvalue weighted by molar-refractivity contribution is 6.08. The highest BCUT2D eigenvalue weighted by Crippen LogP contribution is 2.15. The van der Waals surface area contributed by atoms with Crippen molar-refractivity contribution in [1.29, 1.82) is 0 Å². The average molecular weight is 271 g/mol. The van der Waals surface area contributed by atoms with Gasteiger partial charge >= 0.3 is 12.0 Å². The third kappa shape index (κ3) is 3.67.